The van der Waals surface area contributed by atoms with Crippen LogP contribution in [0.3, 0.4) is 0 Å². The Kier molecular flexibility index (Phi) is 15.8. The summed E-state index contributed by atoms with van der Waals surface area (Å²) in [5, 5.41) is 0. The number of nitrogens with zero attached hydrogens (tertiary/aromatic N) is 2. The Balaban J connectivity index is 0.000000155. The molecule has 0 N–H and O–H groups in total. The van der Waals surface area contributed by atoms with Gasteiger partial charge in [0.2, 0.25) is 0 Å². The van der Waals surface area contributed by atoms with Crippen LogP contribution in [0.15, 0.2) is 102 Å². The molecule has 2 heterocycles. The summed E-state index contributed by atoms with van der Waals surface area (Å²) in [4.78, 5) is 5.62. The van der Waals surface area contributed by atoms with E-state index in [0.717, 1.165) is 63.9 Å². The van der Waals surface area contributed by atoms with E-state index in [1.54, 1.807) is 14.2 Å². The molecule has 2 aliphatic heterocycles. The van der Waals surface area contributed by atoms with E-state index in [4.69, 9.17) is 15.9 Å². The third kappa shape index (κ3) is 10.8. The van der Waals surface area contributed by atoms with Crippen molar-refractivity contribution < 1.29 is 9.47 Å². The van der Waals surface area contributed by atoms with Crippen LogP contribution in [0.2, 0.25) is 0 Å². The van der Waals surface area contributed by atoms with Crippen LogP contribution in [0.1, 0.15) is 117 Å². The van der Waals surface area contributed by atoms with Crippen LogP contribution in [0, 0.1) is 47.9 Å². The number of piperidine rings is 2. The van der Waals surface area contributed by atoms with Crippen molar-refractivity contribution in [2.24, 2.45) is 23.7 Å². The standard InChI is InChI=1S/C27H31NO.C19H26BrNO.C8H6.ClH/c1-29-27-12-10-21(8-7-20-5-3-2-4-6-20)18-25(27)23-13-15-28(16-14-23)26-19-22-9-11-24(26)17-22;1-22-19-5-4-16(20)12-17(19)14-6-8-21(9-7-14)18-11-13-2-3-15(18)10-13;1-2-8-6-4-3-5-7-8;/h2-6,10,12,18,22-24,26H,9,11,13-17,19H2,1H3;4-5,12-15,18H,2-3,6-11H2,1H3;1,3-7H;1H/t22-,24+,26-;13-,15+,18-;;/m11../s1. The normalized spacial score (nSPS) is 26.0. The Morgan fingerprint density at radius 3 is 1.43 bits per heavy atom. The SMILES string of the molecule is C#Cc1ccccc1.COc1ccc(Br)cc1C1CCN([C@@H]2C[C@@H]3CC[C@H]2C3)CC1.COc1ccc(C#Cc2ccccc2)cc1C1CCN([C@@H]2C[C@@H]3CC[C@H]2C3)CC1.Cl. The molecule has 0 radical (unpaired) electrons. The molecule has 4 aromatic rings. The second-order valence-corrected chi connectivity index (χ2v) is 19.0. The zero-order valence-electron chi connectivity index (χ0n) is 35.7. The number of benzene rings is 4. The predicted octanol–water partition coefficient (Wildman–Crippen LogP) is 12.4. The molecule has 10 rings (SSSR count). The van der Waals surface area contributed by atoms with E-state index >= 15 is 0 Å². The number of fused-ring (bicyclic) bond motifs is 4. The lowest BCUT2D eigenvalue weighted by molar-refractivity contribution is 0.110. The largest absolute Gasteiger partial charge is 0.496 e. The fourth-order valence-electron chi connectivity index (χ4n) is 11.8. The molecule has 6 fully saturated rings. The fraction of sp³-hybridized carbons (Fsp3) is 0.481. The van der Waals surface area contributed by atoms with Gasteiger partial charge in [-0.05, 0) is 198 Å². The van der Waals surface area contributed by atoms with Crippen molar-refractivity contribution in [3.8, 4) is 35.7 Å². The van der Waals surface area contributed by atoms with Gasteiger partial charge < -0.3 is 19.3 Å². The summed E-state index contributed by atoms with van der Waals surface area (Å²) >= 11 is 3.61. The minimum atomic E-state index is 0. The first-order valence-corrected chi connectivity index (χ1v) is 23.4. The second kappa shape index (κ2) is 21.4. The van der Waals surface area contributed by atoms with Gasteiger partial charge in [-0.3, -0.25) is 0 Å². The van der Waals surface area contributed by atoms with Gasteiger partial charge in [0.1, 0.15) is 11.5 Å². The monoisotopic (exact) mass is 886 g/mol. The summed E-state index contributed by atoms with van der Waals surface area (Å²) in [5.41, 5.74) is 5.82. The highest BCUT2D eigenvalue weighted by atomic mass is 79.9. The van der Waals surface area contributed by atoms with Crippen LogP contribution in [-0.2, 0) is 0 Å². The van der Waals surface area contributed by atoms with Gasteiger partial charge in [-0.2, -0.15) is 0 Å². The molecule has 4 aliphatic carbocycles. The van der Waals surface area contributed by atoms with E-state index in [9.17, 15) is 0 Å². The molecule has 0 amide bonds. The van der Waals surface area contributed by atoms with Gasteiger partial charge in [-0.25, -0.2) is 0 Å². The van der Waals surface area contributed by atoms with Gasteiger partial charge in [0.25, 0.3) is 0 Å². The number of methoxy groups -OCH3 is 2. The molecule has 6 atom stereocenters. The minimum Gasteiger partial charge on any atom is -0.496 e. The second-order valence-electron chi connectivity index (χ2n) is 18.1. The average molecular weight is 888 g/mol. The van der Waals surface area contributed by atoms with Gasteiger partial charge in [0.15, 0.2) is 0 Å². The van der Waals surface area contributed by atoms with Crippen LogP contribution in [-0.4, -0.2) is 62.3 Å². The number of ether oxygens (including phenoxy) is 2. The molecule has 4 saturated carbocycles. The van der Waals surface area contributed by atoms with Crippen molar-refractivity contribution in [2.75, 3.05) is 40.4 Å². The molecule has 0 aromatic heterocycles. The molecular formula is C54H64BrClN2O2. The maximum absolute atomic E-state index is 5.72. The summed E-state index contributed by atoms with van der Waals surface area (Å²) < 4.78 is 12.5. The van der Waals surface area contributed by atoms with Gasteiger partial charge in [-0.15, -0.1) is 18.8 Å². The summed E-state index contributed by atoms with van der Waals surface area (Å²) in [6, 6.07) is 34.5. The summed E-state index contributed by atoms with van der Waals surface area (Å²) in [7, 11) is 3.58. The molecule has 6 aliphatic rings. The number of hydrogen-bond donors (Lipinski definition) is 0. The number of terminal acetylenes is 1. The molecule has 4 bridgehead atoms. The summed E-state index contributed by atoms with van der Waals surface area (Å²) in [6.07, 6.45) is 22.1. The first-order chi connectivity index (χ1) is 29.0. The van der Waals surface area contributed by atoms with Crippen molar-refractivity contribution in [1.82, 2.24) is 9.80 Å². The Morgan fingerprint density at radius 1 is 0.533 bits per heavy atom. The van der Waals surface area contributed by atoms with Crippen LogP contribution in [0.5, 0.6) is 11.5 Å². The first-order valence-electron chi connectivity index (χ1n) is 22.6. The lowest BCUT2D eigenvalue weighted by Gasteiger charge is -2.40. The number of halogens is 2. The van der Waals surface area contributed by atoms with Crippen molar-refractivity contribution in [3.63, 3.8) is 0 Å². The highest BCUT2D eigenvalue weighted by Crippen LogP contribution is 2.49. The zero-order chi connectivity index (χ0) is 40.6. The highest BCUT2D eigenvalue weighted by molar-refractivity contribution is 9.10. The molecule has 2 saturated heterocycles. The summed E-state index contributed by atoms with van der Waals surface area (Å²) in [6.45, 7) is 5.02. The average Bonchev–Trinajstić information content (AvgIpc) is 4.14. The summed E-state index contributed by atoms with van der Waals surface area (Å²) in [5.74, 6) is 16.6. The molecule has 60 heavy (non-hydrogen) atoms. The zero-order valence-corrected chi connectivity index (χ0v) is 38.1. The predicted molar refractivity (Wildman–Crippen MR) is 253 cm³/mol. The van der Waals surface area contributed by atoms with E-state index in [2.05, 4.69) is 92.0 Å². The van der Waals surface area contributed by atoms with Crippen molar-refractivity contribution in [2.45, 2.75) is 101 Å². The Hall–Kier alpha value is -3.71. The third-order valence-corrected chi connectivity index (χ3v) is 15.3. The van der Waals surface area contributed by atoms with Gasteiger partial charge in [-0.1, -0.05) is 82.9 Å². The maximum atomic E-state index is 5.72. The van der Waals surface area contributed by atoms with Crippen LogP contribution in [0.25, 0.3) is 0 Å². The van der Waals surface area contributed by atoms with Crippen molar-refractivity contribution >= 4 is 28.3 Å². The van der Waals surface area contributed by atoms with Crippen molar-refractivity contribution in [1.29, 1.82) is 0 Å². The first kappa shape index (κ1) is 44.3. The molecule has 316 valence electrons. The Labute approximate surface area is 375 Å². The smallest absolute Gasteiger partial charge is 0.122 e. The van der Waals surface area contributed by atoms with E-state index in [1.807, 2.05) is 48.5 Å². The minimum absolute atomic E-state index is 0. The van der Waals surface area contributed by atoms with E-state index in [1.165, 1.54) is 119 Å². The van der Waals surface area contributed by atoms with Crippen LogP contribution >= 0.6 is 28.3 Å². The van der Waals surface area contributed by atoms with Crippen LogP contribution in [0.4, 0.5) is 0 Å². The lowest BCUT2D eigenvalue weighted by atomic mass is 9.85. The van der Waals surface area contributed by atoms with E-state index < -0.39 is 0 Å². The van der Waals surface area contributed by atoms with Gasteiger partial charge in [0.05, 0.1) is 14.2 Å². The number of likely N-dealkylation sites (tertiary alicyclic amines) is 2. The van der Waals surface area contributed by atoms with Gasteiger partial charge in [0, 0.05) is 33.2 Å². The quantitative estimate of drug-likeness (QED) is 0.180. The van der Waals surface area contributed by atoms with E-state index in [0.29, 0.717) is 11.8 Å². The Bertz CT molecular complexity index is 2080. The molecule has 4 nitrogen and oxygen atoms in total. The number of rotatable bonds is 6. The maximum Gasteiger partial charge on any atom is 0.122 e. The number of hydrogen-bond acceptors (Lipinski definition) is 4. The Morgan fingerprint density at radius 2 is 1.00 bits per heavy atom. The highest BCUT2D eigenvalue weighted by Gasteiger charge is 2.44. The van der Waals surface area contributed by atoms with E-state index in [-0.39, 0.29) is 12.4 Å². The van der Waals surface area contributed by atoms with Gasteiger partial charge >= 0.3 is 0 Å². The van der Waals surface area contributed by atoms with Crippen LogP contribution < -0.4 is 9.47 Å². The topological polar surface area (TPSA) is 24.9 Å². The molecular weight excluding hydrogens is 824 g/mol. The third-order valence-electron chi connectivity index (χ3n) is 14.8. The molecule has 0 spiro atoms. The fourth-order valence-corrected chi connectivity index (χ4v) is 12.1. The molecule has 0 unspecified atom stereocenters. The van der Waals surface area contributed by atoms with Crippen molar-refractivity contribution in [3.05, 3.63) is 129 Å². The molecule has 4 aromatic carbocycles. The lowest BCUT2D eigenvalue weighted by Crippen LogP contribution is -2.43. The molecule has 6 heteroatoms.